The number of benzene rings is 6. The van der Waals surface area contributed by atoms with Gasteiger partial charge in [0.05, 0.1) is 22.4 Å². The number of hydrogen-bond acceptors (Lipinski definition) is 2. The second kappa shape index (κ2) is 8.64. The van der Waals surface area contributed by atoms with Gasteiger partial charge >= 0.3 is 0 Å². The van der Waals surface area contributed by atoms with E-state index in [1.807, 2.05) is 36.4 Å². The molecule has 3 heteroatoms. The van der Waals surface area contributed by atoms with Crippen LogP contribution in [-0.2, 0) is 0 Å². The van der Waals surface area contributed by atoms with Crippen molar-refractivity contribution in [3.8, 4) is 39.6 Å². The van der Waals surface area contributed by atoms with Gasteiger partial charge in [-0.05, 0) is 41.1 Å². The lowest BCUT2D eigenvalue weighted by Gasteiger charge is -2.11. The van der Waals surface area contributed by atoms with Gasteiger partial charge < -0.3 is 4.57 Å². The third kappa shape index (κ3) is 3.52. The fourth-order valence-corrected chi connectivity index (χ4v) is 5.75. The summed E-state index contributed by atoms with van der Waals surface area (Å²) < 4.78 is 2.37. The number of aromatic nitrogens is 3. The zero-order valence-electron chi connectivity index (χ0n) is 21.1. The van der Waals surface area contributed by atoms with Crippen molar-refractivity contribution in [2.75, 3.05) is 0 Å². The van der Waals surface area contributed by atoms with Gasteiger partial charge in [0.1, 0.15) is 0 Å². The summed E-state index contributed by atoms with van der Waals surface area (Å²) in [6, 6.07) is 48.9. The molecule has 0 aliphatic rings. The molecule has 182 valence electrons. The van der Waals surface area contributed by atoms with Crippen LogP contribution in [0, 0.1) is 0 Å². The molecule has 3 nitrogen and oxygen atoms in total. The molecule has 2 heterocycles. The van der Waals surface area contributed by atoms with Crippen LogP contribution < -0.4 is 0 Å². The Hall–Kier alpha value is -5.28. The largest absolute Gasteiger partial charge is 0.309 e. The Bertz CT molecular complexity index is 1970. The fraction of sp³-hybridized carbons (Fsp3) is 0. The van der Waals surface area contributed by atoms with E-state index in [1.165, 1.54) is 32.6 Å². The van der Waals surface area contributed by atoms with Crippen LogP contribution in [0.1, 0.15) is 0 Å². The predicted molar refractivity (Wildman–Crippen MR) is 161 cm³/mol. The predicted octanol–water partition coefficient (Wildman–Crippen LogP) is 9.17. The van der Waals surface area contributed by atoms with Gasteiger partial charge in [-0.1, -0.05) is 109 Å². The SMILES string of the molecule is c1ccc(-c2cc(-c3ccc(-n4c5cccc6ccc7cccc4c7c65)cc3)nc(-c3ccccc3)n2)cc1. The quantitative estimate of drug-likeness (QED) is 0.227. The molecule has 0 spiro atoms. The van der Waals surface area contributed by atoms with E-state index in [4.69, 9.17) is 9.97 Å². The van der Waals surface area contributed by atoms with Gasteiger partial charge in [0.15, 0.2) is 5.82 Å². The van der Waals surface area contributed by atoms with E-state index in [2.05, 4.69) is 108 Å². The fourth-order valence-electron chi connectivity index (χ4n) is 5.75. The Kier molecular flexibility index (Phi) is 4.82. The molecule has 8 rings (SSSR count). The van der Waals surface area contributed by atoms with Gasteiger partial charge in [0.2, 0.25) is 0 Å². The summed E-state index contributed by atoms with van der Waals surface area (Å²) in [6.45, 7) is 0. The first-order valence-corrected chi connectivity index (χ1v) is 13.2. The van der Waals surface area contributed by atoms with Crippen molar-refractivity contribution in [2.24, 2.45) is 0 Å². The summed E-state index contributed by atoms with van der Waals surface area (Å²) >= 11 is 0. The molecule has 0 saturated carbocycles. The standard InChI is InChI=1S/C36H23N3/c1-3-9-24(10-4-1)30-23-31(38-36(37-30)28-11-5-2-6-12-28)25-19-21-29(22-20-25)39-32-15-7-13-26-17-18-27-14-8-16-33(39)35(27)34(26)32/h1-23H. The molecule has 6 aromatic carbocycles. The molecule has 0 amide bonds. The minimum Gasteiger partial charge on any atom is -0.309 e. The lowest BCUT2D eigenvalue weighted by atomic mass is 10.0. The molecular weight excluding hydrogens is 474 g/mol. The van der Waals surface area contributed by atoms with Crippen LogP contribution in [0.15, 0.2) is 140 Å². The van der Waals surface area contributed by atoms with E-state index in [-0.39, 0.29) is 0 Å². The van der Waals surface area contributed by atoms with Gasteiger partial charge in [-0.2, -0.15) is 0 Å². The first-order valence-electron chi connectivity index (χ1n) is 13.2. The minimum absolute atomic E-state index is 0.726. The Morgan fingerprint density at radius 3 is 1.49 bits per heavy atom. The van der Waals surface area contributed by atoms with Gasteiger partial charge in [-0.25, -0.2) is 9.97 Å². The lowest BCUT2D eigenvalue weighted by molar-refractivity contribution is 1.17. The number of nitrogens with zero attached hydrogens (tertiary/aromatic N) is 3. The third-order valence-corrected chi connectivity index (χ3v) is 7.57. The van der Waals surface area contributed by atoms with Crippen LogP contribution in [0.25, 0.3) is 72.2 Å². The highest BCUT2D eigenvalue weighted by molar-refractivity contribution is 6.24. The molecule has 0 fully saturated rings. The average Bonchev–Trinajstić information content (AvgIpc) is 3.36. The van der Waals surface area contributed by atoms with Crippen molar-refractivity contribution in [3.63, 3.8) is 0 Å². The Labute approximate surface area is 226 Å². The molecule has 0 bridgehead atoms. The van der Waals surface area contributed by atoms with Gasteiger partial charge in [0, 0.05) is 33.2 Å². The first-order chi connectivity index (χ1) is 19.3. The van der Waals surface area contributed by atoms with Crippen molar-refractivity contribution in [1.82, 2.24) is 14.5 Å². The Morgan fingerprint density at radius 2 is 0.923 bits per heavy atom. The van der Waals surface area contributed by atoms with Crippen LogP contribution in [-0.4, -0.2) is 14.5 Å². The van der Waals surface area contributed by atoms with E-state index in [9.17, 15) is 0 Å². The molecular formula is C36H23N3. The molecule has 39 heavy (non-hydrogen) atoms. The maximum atomic E-state index is 5.00. The molecule has 2 aromatic heterocycles. The van der Waals surface area contributed by atoms with Crippen LogP contribution >= 0.6 is 0 Å². The molecule has 0 aliphatic carbocycles. The van der Waals surface area contributed by atoms with Crippen molar-refractivity contribution >= 4 is 32.6 Å². The van der Waals surface area contributed by atoms with Gasteiger partial charge in [0.25, 0.3) is 0 Å². The molecule has 8 aromatic rings. The second-order valence-corrected chi connectivity index (χ2v) is 9.89. The molecule has 0 unspecified atom stereocenters. The first kappa shape index (κ1) is 21.8. The maximum absolute atomic E-state index is 5.00. The monoisotopic (exact) mass is 497 g/mol. The molecule has 0 atom stereocenters. The Morgan fingerprint density at radius 1 is 0.410 bits per heavy atom. The van der Waals surface area contributed by atoms with Crippen molar-refractivity contribution in [2.45, 2.75) is 0 Å². The topological polar surface area (TPSA) is 30.7 Å². The van der Waals surface area contributed by atoms with Crippen molar-refractivity contribution < 1.29 is 0 Å². The average molecular weight is 498 g/mol. The minimum atomic E-state index is 0.726. The summed E-state index contributed by atoms with van der Waals surface area (Å²) in [5.74, 6) is 0.726. The highest BCUT2D eigenvalue weighted by Crippen LogP contribution is 2.39. The number of rotatable bonds is 4. The van der Waals surface area contributed by atoms with E-state index in [1.54, 1.807) is 0 Å². The number of hydrogen-bond donors (Lipinski definition) is 0. The van der Waals surface area contributed by atoms with Gasteiger partial charge in [-0.15, -0.1) is 0 Å². The zero-order chi connectivity index (χ0) is 25.8. The van der Waals surface area contributed by atoms with E-state index >= 15 is 0 Å². The van der Waals surface area contributed by atoms with Crippen LogP contribution in [0.5, 0.6) is 0 Å². The smallest absolute Gasteiger partial charge is 0.160 e. The maximum Gasteiger partial charge on any atom is 0.160 e. The van der Waals surface area contributed by atoms with Crippen LogP contribution in [0.2, 0.25) is 0 Å². The highest BCUT2D eigenvalue weighted by atomic mass is 15.0. The summed E-state index contributed by atoms with van der Waals surface area (Å²) in [5, 5.41) is 5.19. The molecule has 0 aliphatic heterocycles. The summed E-state index contributed by atoms with van der Waals surface area (Å²) in [4.78, 5) is 9.92. The molecule has 0 saturated heterocycles. The van der Waals surface area contributed by atoms with E-state index in [0.29, 0.717) is 0 Å². The van der Waals surface area contributed by atoms with Crippen molar-refractivity contribution in [3.05, 3.63) is 140 Å². The third-order valence-electron chi connectivity index (χ3n) is 7.57. The second-order valence-electron chi connectivity index (χ2n) is 9.89. The molecule has 0 radical (unpaired) electrons. The molecule has 0 N–H and O–H groups in total. The van der Waals surface area contributed by atoms with E-state index < -0.39 is 0 Å². The summed E-state index contributed by atoms with van der Waals surface area (Å²) in [5.41, 5.74) is 8.55. The lowest BCUT2D eigenvalue weighted by Crippen LogP contribution is -1.97. The Balaban J connectivity index is 1.29. The summed E-state index contributed by atoms with van der Waals surface area (Å²) in [6.07, 6.45) is 0. The van der Waals surface area contributed by atoms with Crippen LogP contribution in [0.4, 0.5) is 0 Å². The zero-order valence-corrected chi connectivity index (χ0v) is 21.1. The van der Waals surface area contributed by atoms with E-state index in [0.717, 1.165) is 39.6 Å². The highest BCUT2D eigenvalue weighted by Gasteiger charge is 2.16. The summed E-state index contributed by atoms with van der Waals surface area (Å²) in [7, 11) is 0. The normalized spacial score (nSPS) is 11.6. The van der Waals surface area contributed by atoms with Crippen LogP contribution in [0.3, 0.4) is 0 Å². The van der Waals surface area contributed by atoms with Gasteiger partial charge in [-0.3, -0.25) is 0 Å². The van der Waals surface area contributed by atoms with Crippen molar-refractivity contribution in [1.29, 1.82) is 0 Å².